The van der Waals surface area contributed by atoms with Gasteiger partial charge in [0.1, 0.15) is 0 Å². The maximum Gasteiger partial charge on any atom is 0.0693 e. The summed E-state index contributed by atoms with van der Waals surface area (Å²) in [7, 11) is 1.65. The Kier molecular flexibility index (Phi) is 4.35. The number of aryl methyl sites for hydroxylation is 1. The molecule has 0 aliphatic heterocycles. The normalized spacial score (nSPS) is 12.9. The Balaban J connectivity index is 2.88. The summed E-state index contributed by atoms with van der Waals surface area (Å²) in [6.07, 6.45) is 0. The van der Waals surface area contributed by atoms with Crippen molar-refractivity contribution in [2.45, 2.75) is 13.0 Å². The van der Waals surface area contributed by atoms with E-state index in [2.05, 4.69) is 5.43 Å². The van der Waals surface area contributed by atoms with Crippen LogP contribution in [0.4, 0.5) is 0 Å². The van der Waals surface area contributed by atoms with Gasteiger partial charge >= 0.3 is 0 Å². The Labute approximate surface area is 89.2 Å². The zero-order chi connectivity index (χ0) is 10.6. The van der Waals surface area contributed by atoms with Gasteiger partial charge in [-0.1, -0.05) is 23.7 Å². The van der Waals surface area contributed by atoms with Crippen LogP contribution >= 0.6 is 11.6 Å². The Bertz CT molecular complexity index is 304. The van der Waals surface area contributed by atoms with E-state index in [1.165, 1.54) is 0 Å². The fourth-order valence-corrected chi connectivity index (χ4v) is 1.41. The second kappa shape index (κ2) is 5.32. The smallest absolute Gasteiger partial charge is 0.0693 e. The van der Waals surface area contributed by atoms with Crippen molar-refractivity contribution in [3.05, 3.63) is 34.3 Å². The van der Waals surface area contributed by atoms with Crippen LogP contribution in [-0.2, 0) is 4.74 Å². The largest absolute Gasteiger partial charge is 0.383 e. The Morgan fingerprint density at radius 3 is 2.79 bits per heavy atom. The molecule has 0 radical (unpaired) electrons. The van der Waals surface area contributed by atoms with Gasteiger partial charge in [0.25, 0.3) is 0 Å². The number of nitrogens with one attached hydrogen (secondary N) is 1. The van der Waals surface area contributed by atoms with Gasteiger partial charge in [0.05, 0.1) is 12.6 Å². The predicted octanol–water partition coefficient (Wildman–Crippen LogP) is 1.80. The SMILES string of the molecule is COCC(NN)c1ccc(Cl)c(C)c1. The highest BCUT2D eigenvalue weighted by Gasteiger charge is 2.09. The maximum absolute atomic E-state index is 5.92. The van der Waals surface area contributed by atoms with Gasteiger partial charge in [0, 0.05) is 12.1 Å². The van der Waals surface area contributed by atoms with Crippen LogP contribution in [0.5, 0.6) is 0 Å². The van der Waals surface area contributed by atoms with Gasteiger partial charge in [-0.15, -0.1) is 0 Å². The fourth-order valence-electron chi connectivity index (χ4n) is 1.29. The molecule has 0 fully saturated rings. The number of methoxy groups -OCH3 is 1. The maximum atomic E-state index is 5.92. The molecule has 0 saturated carbocycles. The van der Waals surface area contributed by atoms with Crippen LogP contribution in [0, 0.1) is 6.92 Å². The number of benzene rings is 1. The van der Waals surface area contributed by atoms with Crippen LogP contribution in [0.1, 0.15) is 17.2 Å². The molecule has 0 spiro atoms. The minimum atomic E-state index is 0.0102. The van der Waals surface area contributed by atoms with Gasteiger partial charge in [-0.3, -0.25) is 11.3 Å². The summed E-state index contributed by atoms with van der Waals surface area (Å²) in [5.74, 6) is 5.42. The highest BCUT2D eigenvalue weighted by molar-refractivity contribution is 6.31. The van der Waals surface area contributed by atoms with Crippen molar-refractivity contribution >= 4 is 11.6 Å². The molecular formula is C10H15ClN2O. The van der Waals surface area contributed by atoms with Crippen molar-refractivity contribution in [1.29, 1.82) is 0 Å². The fraction of sp³-hybridized carbons (Fsp3) is 0.400. The van der Waals surface area contributed by atoms with E-state index in [9.17, 15) is 0 Å². The van der Waals surface area contributed by atoms with Crippen LogP contribution in [0.15, 0.2) is 18.2 Å². The van der Waals surface area contributed by atoms with Crippen molar-refractivity contribution in [3.8, 4) is 0 Å². The average molecular weight is 215 g/mol. The molecule has 0 aliphatic rings. The quantitative estimate of drug-likeness (QED) is 0.594. The topological polar surface area (TPSA) is 47.3 Å². The molecule has 1 unspecified atom stereocenters. The van der Waals surface area contributed by atoms with E-state index in [-0.39, 0.29) is 6.04 Å². The van der Waals surface area contributed by atoms with E-state index in [0.29, 0.717) is 6.61 Å². The molecule has 1 aromatic carbocycles. The number of hydrazine groups is 1. The number of hydrogen-bond donors (Lipinski definition) is 2. The lowest BCUT2D eigenvalue weighted by molar-refractivity contribution is 0.167. The first-order valence-electron chi connectivity index (χ1n) is 4.40. The first-order valence-corrected chi connectivity index (χ1v) is 4.78. The molecule has 0 heterocycles. The van der Waals surface area contributed by atoms with E-state index in [1.54, 1.807) is 7.11 Å². The summed E-state index contributed by atoms with van der Waals surface area (Å²) in [5, 5.41) is 0.766. The van der Waals surface area contributed by atoms with Gasteiger partial charge < -0.3 is 4.74 Å². The lowest BCUT2D eigenvalue weighted by Gasteiger charge is -2.15. The molecule has 3 nitrogen and oxygen atoms in total. The lowest BCUT2D eigenvalue weighted by Crippen LogP contribution is -2.31. The van der Waals surface area contributed by atoms with Crippen molar-refractivity contribution in [2.75, 3.05) is 13.7 Å². The second-order valence-corrected chi connectivity index (χ2v) is 3.59. The number of nitrogens with two attached hydrogens (primary N) is 1. The molecule has 1 rings (SSSR count). The third-order valence-electron chi connectivity index (χ3n) is 2.12. The Morgan fingerprint density at radius 2 is 2.29 bits per heavy atom. The lowest BCUT2D eigenvalue weighted by atomic mass is 10.1. The molecule has 4 heteroatoms. The van der Waals surface area contributed by atoms with Crippen LogP contribution in [0.2, 0.25) is 5.02 Å². The number of hydrogen-bond acceptors (Lipinski definition) is 3. The Morgan fingerprint density at radius 1 is 1.57 bits per heavy atom. The van der Waals surface area contributed by atoms with Crippen LogP contribution in [-0.4, -0.2) is 13.7 Å². The van der Waals surface area contributed by atoms with E-state index >= 15 is 0 Å². The molecule has 0 aliphatic carbocycles. The minimum Gasteiger partial charge on any atom is -0.383 e. The predicted molar refractivity (Wildman–Crippen MR) is 58.1 cm³/mol. The zero-order valence-corrected chi connectivity index (χ0v) is 9.14. The van der Waals surface area contributed by atoms with Crippen molar-refractivity contribution in [3.63, 3.8) is 0 Å². The molecule has 1 atom stereocenters. The standard InChI is InChI=1S/C10H15ClN2O/c1-7-5-8(3-4-9(7)11)10(13-12)6-14-2/h3-5,10,13H,6,12H2,1-2H3. The molecule has 0 bridgehead atoms. The average Bonchev–Trinajstić information content (AvgIpc) is 2.19. The van der Waals surface area contributed by atoms with Crippen LogP contribution in [0.3, 0.4) is 0 Å². The summed E-state index contributed by atoms with van der Waals surface area (Å²) in [5.41, 5.74) is 4.82. The summed E-state index contributed by atoms with van der Waals surface area (Å²) in [6.45, 7) is 2.50. The molecular weight excluding hydrogens is 200 g/mol. The third-order valence-corrected chi connectivity index (χ3v) is 2.54. The highest BCUT2D eigenvalue weighted by Crippen LogP contribution is 2.20. The molecule has 0 saturated heterocycles. The second-order valence-electron chi connectivity index (χ2n) is 3.18. The van der Waals surface area contributed by atoms with Crippen molar-refractivity contribution < 1.29 is 4.74 Å². The van der Waals surface area contributed by atoms with E-state index in [1.807, 2.05) is 25.1 Å². The Hall–Kier alpha value is -0.610. The van der Waals surface area contributed by atoms with Crippen LogP contribution < -0.4 is 11.3 Å². The summed E-state index contributed by atoms with van der Waals surface area (Å²) in [6, 6.07) is 5.83. The van der Waals surface area contributed by atoms with E-state index in [4.69, 9.17) is 22.2 Å². The summed E-state index contributed by atoms with van der Waals surface area (Å²) in [4.78, 5) is 0. The molecule has 1 aromatic rings. The monoisotopic (exact) mass is 214 g/mol. The number of rotatable bonds is 4. The van der Waals surface area contributed by atoms with E-state index in [0.717, 1.165) is 16.1 Å². The molecule has 3 N–H and O–H groups in total. The first kappa shape index (κ1) is 11.5. The molecule has 14 heavy (non-hydrogen) atoms. The van der Waals surface area contributed by atoms with E-state index < -0.39 is 0 Å². The minimum absolute atomic E-state index is 0.0102. The number of ether oxygens (including phenoxy) is 1. The van der Waals surface area contributed by atoms with Crippen molar-refractivity contribution in [1.82, 2.24) is 5.43 Å². The van der Waals surface area contributed by atoms with Gasteiger partial charge in [0.15, 0.2) is 0 Å². The zero-order valence-electron chi connectivity index (χ0n) is 8.38. The van der Waals surface area contributed by atoms with Gasteiger partial charge in [-0.2, -0.15) is 0 Å². The first-order chi connectivity index (χ1) is 6.69. The number of halogens is 1. The van der Waals surface area contributed by atoms with Crippen molar-refractivity contribution in [2.24, 2.45) is 5.84 Å². The third kappa shape index (κ3) is 2.69. The van der Waals surface area contributed by atoms with Gasteiger partial charge in [-0.25, -0.2) is 0 Å². The molecule has 78 valence electrons. The van der Waals surface area contributed by atoms with Gasteiger partial charge in [-0.05, 0) is 24.1 Å². The molecule has 0 aromatic heterocycles. The molecule has 0 amide bonds. The highest BCUT2D eigenvalue weighted by atomic mass is 35.5. The van der Waals surface area contributed by atoms with Crippen LogP contribution in [0.25, 0.3) is 0 Å². The summed E-state index contributed by atoms with van der Waals surface area (Å²) < 4.78 is 5.04. The summed E-state index contributed by atoms with van der Waals surface area (Å²) >= 11 is 5.92. The van der Waals surface area contributed by atoms with Gasteiger partial charge in [0.2, 0.25) is 0 Å².